The molecule has 0 saturated carbocycles. The van der Waals surface area contributed by atoms with Crippen molar-refractivity contribution in [1.82, 2.24) is 0 Å². The second-order valence-electron chi connectivity index (χ2n) is 5.78. The topological polar surface area (TPSA) is 29.5 Å². The maximum atomic E-state index is 12.6. The number of anilines is 2. The van der Waals surface area contributed by atoms with Crippen molar-refractivity contribution in [1.29, 1.82) is 0 Å². The Balaban J connectivity index is 2.47. The van der Waals surface area contributed by atoms with E-state index in [9.17, 15) is 4.79 Å². The van der Waals surface area contributed by atoms with Gasteiger partial charge in [0.25, 0.3) is 0 Å². The highest BCUT2D eigenvalue weighted by Crippen LogP contribution is 2.31. The minimum Gasteiger partial charge on any atom is -0.443 e. The molecule has 0 spiro atoms. The third-order valence-electron chi connectivity index (χ3n) is 2.71. The molecular weight excluding hydrogens is 321 g/mol. The van der Waals surface area contributed by atoms with E-state index in [2.05, 4.69) is 0 Å². The Bertz CT molecular complexity index is 635. The van der Waals surface area contributed by atoms with Gasteiger partial charge in [-0.2, -0.15) is 0 Å². The molecule has 22 heavy (non-hydrogen) atoms. The molecule has 0 unspecified atom stereocenters. The summed E-state index contributed by atoms with van der Waals surface area (Å²) in [5, 5.41) is 1.07. The van der Waals surface area contributed by atoms with Gasteiger partial charge in [-0.25, -0.2) is 9.69 Å². The summed E-state index contributed by atoms with van der Waals surface area (Å²) in [6, 6.07) is 14.0. The molecule has 0 aliphatic heterocycles. The van der Waals surface area contributed by atoms with E-state index < -0.39 is 11.7 Å². The third kappa shape index (κ3) is 4.39. The van der Waals surface area contributed by atoms with Gasteiger partial charge in [-0.15, -0.1) is 0 Å². The highest BCUT2D eigenvalue weighted by atomic mass is 35.5. The van der Waals surface area contributed by atoms with E-state index in [0.717, 1.165) is 0 Å². The van der Waals surface area contributed by atoms with Crippen molar-refractivity contribution in [3.8, 4) is 0 Å². The first-order valence-corrected chi connectivity index (χ1v) is 7.56. The van der Waals surface area contributed by atoms with Gasteiger partial charge in [0.05, 0.1) is 11.4 Å². The minimum atomic E-state index is -0.605. The molecule has 3 nitrogen and oxygen atoms in total. The fourth-order valence-electron chi connectivity index (χ4n) is 1.90. The van der Waals surface area contributed by atoms with Crippen LogP contribution < -0.4 is 4.90 Å². The van der Waals surface area contributed by atoms with Crippen molar-refractivity contribution in [3.05, 3.63) is 58.6 Å². The maximum Gasteiger partial charge on any atom is 0.419 e. The van der Waals surface area contributed by atoms with Crippen LogP contribution in [0.4, 0.5) is 16.2 Å². The molecule has 1 amide bonds. The number of nitrogens with zero attached hydrogens (tertiary/aromatic N) is 1. The molecule has 0 saturated heterocycles. The molecule has 0 heterocycles. The quantitative estimate of drug-likeness (QED) is 0.665. The van der Waals surface area contributed by atoms with Gasteiger partial charge in [0, 0.05) is 10.0 Å². The number of benzene rings is 2. The van der Waals surface area contributed by atoms with E-state index in [4.69, 9.17) is 27.9 Å². The zero-order valence-electron chi connectivity index (χ0n) is 12.6. The van der Waals surface area contributed by atoms with Crippen LogP contribution in [0.5, 0.6) is 0 Å². The number of amides is 1. The van der Waals surface area contributed by atoms with Crippen LogP contribution in [0.25, 0.3) is 0 Å². The normalized spacial score (nSPS) is 11.1. The molecule has 0 bridgehead atoms. The number of hydrogen-bond donors (Lipinski definition) is 0. The number of halogens is 2. The predicted molar refractivity (Wildman–Crippen MR) is 91.3 cm³/mol. The van der Waals surface area contributed by atoms with Gasteiger partial charge in [0.2, 0.25) is 0 Å². The Morgan fingerprint density at radius 1 is 0.955 bits per heavy atom. The molecule has 0 aliphatic rings. The Labute approximate surface area is 140 Å². The lowest BCUT2D eigenvalue weighted by Crippen LogP contribution is -2.33. The van der Waals surface area contributed by atoms with Gasteiger partial charge in [-0.1, -0.05) is 35.3 Å². The standard InChI is InChI=1S/C17H17Cl2NO2/c1-17(2,3)22-16(21)20(14-8-4-6-12(18)10-14)15-9-5-7-13(19)11-15/h4-11H,1-3H3. The minimum absolute atomic E-state index is 0.489. The molecule has 5 heteroatoms. The summed E-state index contributed by atoms with van der Waals surface area (Å²) in [4.78, 5) is 14.0. The zero-order valence-corrected chi connectivity index (χ0v) is 14.2. The van der Waals surface area contributed by atoms with E-state index in [1.165, 1.54) is 4.90 Å². The predicted octanol–water partition coefficient (Wildman–Crippen LogP) is 6.07. The first kappa shape index (κ1) is 16.7. The Kier molecular flexibility index (Phi) is 4.99. The highest BCUT2D eigenvalue weighted by molar-refractivity contribution is 6.31. The van der Waals surface area contributed by atoms with Crippen LogP contribution in [0, 0.1) is 0 Å². The van der Waals surface area contributed by atoms with Crippen molar-refractivity contribution in [2.75, 3.05) is 4.90 Å². The second kappa shape index (κ2) is 6.59. The van der Waals surface area contributed by atoms with Crippen LogP contribution in [-0.4, -0.2) is 11.7 Å². The van der Waals surface area contributed by atoms with Crippen LogP contribution in [-0.2, 0) is 4.74 Å². The van der Waals surface area contributed by atoms with Crippen LogP contribution in [0.15, 0.2) is 48.5 Å². The molecule has 0 N–H and O–H groups in total. The summed E-state index contributed by atoms with van der Waals surface area (Å²) in [5.41, 5.74) is 0.625. The molecule has 0 aliphatic carbocycles. The Hall–Kier alpha value is -1.71. The number of carbonyl (C=O) groups is 1. The fourth-order valence-corrected chi connectivity index (χ4v) is 2.27. The molecule has 2 rings (SSSR count). The van der Waals surface area contributed by atoms with Gasteiger partial charge in [0.15, 0.2) is 0 Å². The van der Waals surface area contributed by atoms with Gasteiger partial charge >= 0.3 is 6.09 Å². The summed E-state index contributed by atoms with van der Waals surface area (Å²) in [7, 11) is 0. The fraction of sp³-hybridized carbons (Fsp3) is 0.235. The largest absolute Gasteiger partial charge is 0.443 e. The molecular formula is C17H17Cl2NO2. The van der Waals surface area contributed by atoms with Crippen molar-refractivity contribution < 1.29 is 9.53 Å². The highest BCUT2D eigenvalue weighted by Gasteiger charge is 2.25. The Morgan fingerprint density at radius 2 is 1.41 bits per heavy atom. The van der Waals surface area contributed by atoms with E-state index in [0.29, 0.717) is 21.4 Å². The van der Waals surface area contributed by atoms with E-state index in [1.807, 2.05) is 20.8 Å². The van der Waals surface area contributed by atoms with Crippen LogP contribution >= 0.6 is 23.2 Å². The van der Waals surface area contributed by atoms with Crippen molar-refractivity contribution in [3.63, 3.8) is 0 Å². The van der Waals surface area contributed by atoms with Gasteiger partial charge in [0.1, 0.15) is 5.60 Å². The summed E-state index contributed by atoms with van der Waals surface area (Å²) in [6.07, 6.45) is -0.489. The monoisotopic (exact) mass is 337 g/mol. The molecule has 0 atom stereocenters. The lowest BCUT2D eigenvalue weighted by atomic mass is 10.2. The van der Waals surface area contributed by atoms with Gasteiger partial charge in [-0.3, -0.25) is 0 Å². The smallest absolute Gasteiger partial charge is 0.419 e. The first-order chi connectivity index (χ1) is 10.3. The third-order valence-corrected chi connectivity index (χ3v) is 3.18. The zero-order chi connectivity index (χ0) is 16.3. The maximum absolute atomic E-state index is 12.6. The summed E-state index contributed by atoms with van der Waals surface area (Å²) < 4.78 is 5.49. The number of hydrogen-bond acceptors (Lipinski definition) is 2. The number of ether oxygens (including phenoxy) is 1. The average molecular weight is 338 g/mol. The molecule has 2 aromatic carbocycles. The van der Waals surface area contributed by atoms with E-state index in [1.54, 1.807) is 48.5 Å². The van der Waals surface area contributed by atoms with Crippen molar-refractivity contribution >= 4 is 40.7 Å². The lowest BCUT2D eigenvalue weighted by Gasteiger charge is -2.27. The number of rotatable bonds is 2. The SMILES string of the molecule is CC(C)(C)OC(=O)N(c1cccc(Cl)c1)c1cccc(Cl)c1. The van der Waals surface area contributed by atoms with E-state index in [-0.39, 0.29) is 0 Å². The lowest BCUT2D eigenvalue weighted by molar-refractivity contribution is 0.0599. The van der Waals surface area contributed by atoms with Crippen molar-refractivity contribution in [2.45, 2.75) is 26.4 Å². The van der Waals surface area contributed by atoms with Crippen LogP contribution in [0.3, 0.4) is 0 Å². The first-order valence-electron chi connectivity index (χ1n) is 6.80. The molecule has 0 aromatic heterocycles. The average Bonchev–Trinajstić information content (AvgIpc) is 2.37. The van der Waals surface area contributed by atoms with Crippen LogP contribution in [0.1, 0.15) is 20.8 Å². The molecule has 0 radical (unpaired) electrons. The van der Waals surface area contributed by atoms with E-state index >= 15 is 0 Å². The molecule has 0 fully saturated rings. The second-order valence-corrected chi connectivity index (χ2v) is 6.65. The summed E-state index contributed by atoms with van der Waals surface area (Å²) in [6.45, 7) is 5.46. The van der Waals surface area contributed by atoms with Crippen LogP contribution in [0.2, 0.25) is 10.0 Å². The summed E-state index contributed by atoms with van der Waals surface area (Å²) >= 11 is 12.1. The number of carbonyl (C=O) groups excluding carboxylic acids is 1. The van der Waals surface area contributed by atoms with Crippen molar-refractivity contribution in [2.24, 2.45) is 0 Å². The van der Waals surface area contributed by atoms with Gasteiger partial charge in [-0.05, 0) is 57.2 Å². The molecule has 2 aromatic rings. The Morgan fingerprint density at radius 3 is 1.77 bits per heavy atom. The van der Waals surface area contributed by atoms with Gasteiger partial charge < -0.3 is 4.74 Å². The molecule has 116 valence electrons. The summed E-state index contributed by atoms with van der Waals surface area (Å²) in [5.74, 6) is 0.